The first kappa shape index (κ1) is 21.9. The molecule has 8 atom stereocenters. The lowest BCUT2D eigenvalue weighted by Crippen LogP contribution is -2.47. The Morgan fingerprint density at radius 1 is 1.15 bits per heavy atom. The second kappa shape index (κ2) is 7.73. The minimum atomic E-state index is 0.0144. The van der Waals surface area contributed by atoms with Crippen molar-refractivity contribution in [3.05, 3.63) is 35.8 Å². The number of fused-ring (bicyclic) bond motifs is 2. The van der Waals surface area contributed by atoms with Gasteiger partial charge in [-0.3, -0.25) is 4.79 Å². The first-order chi connectivity index (χ1) is 15.9. The molecule has 4 fully saturated rings. The predicted molar refractivity (Wildman–Crippen MR) is 131 cm³/mol. The minimum absolute atomic E-state index is 0.0144. The van der Waals surface area contributed by atoms with E-state index in [1.807, 2.05) is 11.9 Å². The van der Waals surface area contributed by atoms with Gasteiger partial charge in [0.05, 0.1) is 6.26 Å². The van der Waals surface area contributed by atoms with E-state index in [0.717, 1.165) is 42.6 Å². The molecule has 4 heteroatoms. The molecule has 0 bridgehead atoms. The Labute approximate surface area is 199 Å². The number of nitrogens with zero attached hydrogens (tertiary/aromatic N) is 2. The second-order valence-electron chi connectivity index (χ2n) is 12.6. The first-order valence-corrected chi connectivity index (χ1v) is 13.5. The van der Waals surface area contributed by atoms with E-state index in [1.54, 1.807) is 18.4 Å². The number of amides is 1. The van der Waals surface area contributed by atoms with E-state index in [9.17, 15) is 4.79 Å². The SMILES string of the molecule is C/C1=C\C[C@@H]2C(CC[C@]34CN(C)[C@H]5C[C@@]53CCC24)[C@@H](C)CC[C@H](N(C)C(=O)c2ccco2)C1. The summed E-state index contributed by atoms with van der Waals surface area (Å²) in [6, 6.07) is 4.73. The highest BCUT2D eigenvalue weighted by molar-refractivity contribution is 5.91. The highest BCUT2D eigenvalue weighted by Crippen LogP contribution is 2.79. The Morgan fingerprint density at radius 3 is 2.73 bits per heavy atom. The lowest BCUT2D eigenvalue weighted by molar-refractivity contribution is -0.0214. The summed E-state index contributed by atoms with van der Waals surface area (Å²) in [6.45, 7) is 6.18. The topological polar surface area (TPSA) is 36.7 Å². The molecular formula is C29H42N2O2. The molecule has 0 aromatic carbocycles. The lowest BCUT2D eigenvalue weighted by Gasteiger charge is -2.51. The molecular weight excluding hydrogens is 408 g/mol. The van der Waals surface area contributed by atoms with Gasteiger partial charge < -0.3 is 14.2 Å². The Balaban J connectivity index is 1.24. The van der Waals surface area contributed by atoms with Gasteiger partial charge in [0.1, 0.15) is 0 Å². The van der Waals surface area contributed by atoms with Crippen LogP contribution < -0.4 is 0 Å². The van der Waals surface area contributed by atoms with E-state index >= 15 is 0 Å². The summed E-state index contributed by atoms with van der Waals surface area (Å²) in [6.07, 6.45) is 16.1. The van der Waals surface area contributed by atoms with Gasteiger partial charge in [-0.15, -0.1) is 0 Å². The van der Waals surface area contributed by atoms with Gasteiger partial charge in [0.2, 0.25) is 0 Å². The van der Waals surface area contributed by atoms with Gasteiger partial charge in [-0.25, -0.2) is 0 Å². The van der Waals surface area contributed by atoms with Crippen LogP contribution in [0.25, 0.3) is 0 Å². The average molecular weight is 451 g/mol. The fraction of sp³-hybridized carbons (Fsp3) is 0.759. The van der Waals surface area contributed by atoms with Gasteiger partial charge in [-0.05, 0) is 118 Å². The van der Waals surface area contributed by atoms with Crippen molar-refractivity contribution in [3.8, 4) is 0 Å². The maximum Gasteiger partial charge on any atom is 0.289 e. The van der Waals surface area contributed by atoms with Gasteiger partial charge in [0.25, 0.3) is 5.91 Å². The second-order valence-corrected chi connectivity index (χ2v) is 12.6. The molecule has 4 nitrogen and oxygen atoms in total. The molecule has 2 unspecified atom stereocenters. The van der Waals surface area contributed by atoms with Crippen molar-refractivity contribution in [2.24, 2.45) is 34.5 Å². The normalized spacial score (nSPS) is 46.4. The number of allylic oxidation sites excluding steroid dienone is 1. The van der Waals surface area contributed by atoms with Crippen molar-refractivity contribution in [1.29, 1.82) is 0 Å². The minimum Gasteiger partial charge on any atom is -0.459 e. The summed E-state index contributed by atoms with van der Waals surface area (Å²) in [4.78, 5) is 17.6. The van der Waals surface area contributed by atoms with Crippen LogP contribution in [0.5, 0.6) is 0 Å². The van der Waals surface area contributed by atoms with E-state index in [1.165, 1.54) is 57.1 Å². The molecule has 33 heavy (non-hydrogen) atoms. The van der Waals surface area contributed by atoms with E-state index in [2.05, 4.69) is 31.9 Å². The monoisotopic (exact) mass is 450 g/mol. The maximum atomic E-state index is 13.0. The van der Waals surface area contributed by atoms with Crippen LogP contribution in [0.3, 0.4) is 0 Å². The Hall–Kier alpha value is -1.55. The van der Waals surface area contributed by atoms with Crippen LogP contribution in [0.15, 0.2) is 34.5 Å². The van der Waals surface area contributed by atoms with Crippen LogP contribution >= 0.6 is 0 Å². The Kier molecular flexibility index (Phi) is 5.14. The highest BCUT2D eigenvalue weighted by Gasteiger charge is 2.78. The molecule has 1 saturated heterocycles. The van der Waals surface area contributed by atoms with E-state index in [4.69, 9.17) is 4.42 Å². The molecule has 1 aromatic heterocycles. The summed E-state index contributed by atoms with van der Waals surface area (Å²) in [5.41, 5.74) is 2.78. The molecule has 0 radical (unpaired) electrons. The number of hydrogen-bond acceptors (Lipinski definition) is 3. The van der Waals surface area contributed by atoms with Crippen LogP contribution in [0.1, 0.15) is 82.2 Å². The van der Waals surface area contributed by atoms with Crippen LogP contribution in [-0.4, -0.2) is 48.4 Å². The molecule has 1 aliphatic heterocycles. The fourth-order valence-electron chi connectivity index (χ4n) is 9.56. The number of carbonyl (C=O) groups excluding carboxylic acids is 1. The molecule has 3 saturated carbocycles. The van der Waals surface area contributed by atoms with Crippen molar-refractivity contribution in [1.82, 2.24) is 9.80 Å². The summed E-state index contributed by atoms with van der Waals surface area (Å²) in [5, 5.41) is 0. The van der Waals surface area contributed by atoms with Gasteiger partial charge in [0, 0.05) is 25.7 Å². The largest absolute Gasteiger partial charge is 0.459 e. The molecule has 5 aliphatic rings. The fourth-order valence-corrected chi connectivity index (χ4v) is 9.56. The van der Waals surface area contributed by atoms with Crippen molar-refractivity contribution in [2.45, 2.75) is 83.7 Å². The third-order valence-corrected chi connectivity index (χ3v) is 11.3. The molecule has 4 aliphatic carbocycles. The summed E-state index contributed by atoms with van der Waals surface area (Å²) in [7, 11) is 4.36. The number of hydrogen-bond donors (Lipinski definition) is 0. The standard InChI is InChI=1S/C29H42N2O2/c1-19-7-10-23-22(11-13-29-18-30(3)26-17-28(26,29)14-12-24(23)29)20(2)8-9-21(16-19)31(4)27(32)25-6-5-15-33-25/h5-7,15,20-24,26H,8-14,16-18H2,1-4H3/b19-7+/t20-,21-,22?,23+,24?,26-,28-,29+/m0/s1. The summed E-state index contributed by atoms with van der Waals surface area (Å²) < 4.78 is 5.41. The summed E-state index contributed by atoms with van der Waals surface area (Å²) in [5.74, 6) is 3.83. The Morgan fingerprint density at radius 2 is 1.97 bits per heavy atom. The zero-order valence-corrected chi connectivity index (χ0v) is 21.1. The highest BCUT2D eigenvalue weighted by atomic mass is 16.3. The number of rotatable bonds is 2. The zero-order chi connectivity index (χ0) is 23.0. The third-order valence-electron chi connectivity index (χ3n) is 11.3. The maximum absolute atomic E-state index is 13.0. The molecule has 1 amide bonds. The van der Waals surface area contributed by atoms with E-state index < -0.39 is 0 Å². The van der Waals surface area contributed by atoms with Crippen LogP contribution in [-0.2, 0) is 0 Å². The first-order valence-electron chi connectivity index (χ1n) is 13.5. The summed E-state index contributed by atoms with van der Waals surface area (Å²) >= 11 is 0. The van der Waals surface area contributed by atoms with Crippen molar-refractivity contribution < 1.29 is 9.21 Å². The van der Waals surface area contributed by atoms with Gasteiger partial charge in [-0.2, -0.15) is 0 Å². The van der Waals surface area contributed by atoms with Gasteiger partial charge in [0.15, 0.2) is 5.76 Å². The van der Waals surface area contributed by atoms with Crippen molar-refractivity contribution in [3.63, 3.8) is 0 Å². The van der Waals surface area contributed by atoms with Crippen LogP contribution in [0.2, 0.25) is 0 Å². The quantitative estimate of drug-likeness (QED) is 0.518. The van der Waals surface area contributed by atoms with Crippen molar-refractivity contribution in [2.75, 3.05) is 20.6 Å². The molecule has 2 heterocycles. The van der Waals surface area contributed by atoms with Gasteiger partial charge >= 0.3 is 0 Å². The predicted octanol–water partition coefficient (Wildman–Crippen LogP) is 6.00. The average Bonchev–Trinajstić information content (AvgIpc) is 3.08. The van der Waals surface area contributed by atoms with E-state index in [0.29, 0.717) is 16.6 Å². The number of carbonyl (C=O) groups is 1. The Bertz CT molecular complexity index is 937. The van der Waals surface area contributed by atoms with Crippen LogP contribution in [0.4, 0.5) is 0 Å². The zero-order valence-electron chi connectivity index (χ0n) is 21.1. The number of furan rings is 1. The molecule has 6 rings (SSSR count). The molecule has 2 spiro atoms. The smallest absolute Gasteiger partial charge is 0.289 e. The van der Waals surface area contributed by atoms with Crippen molar-refractivity contribution >= 4 is 5.91 Å². The lowest BCUT2D eigenvalue weighted by atomic mass is 9.53. The van der Waals surface area contributed by atoms with E-state index in [-0.39, 0.29) is 11.9 Å². The third kappa shape index (κ3) is 3.15. The number of piperidine rings is 1. The molecule has 1 aromatic rings. The van der Waals surface area contributed by atoms with Gasteiger partial charge in [-0.1, -0.05) is 18.6 Å². The molecule has 0 N–H and O–H groups in total. The number of likely N-dealkylation sites (tertiary alicyclic amines) is 1. The van der Waals surface area contributed by atoms with Crippen LogP contribution in [0, 0.1) is 34.5 Å². The molecule has 180 valence electrons.